The van der Waals surface area contributed by atoms with Crippen LogP contribution in [0.3, 0.4) is 0 Å². The molecule has 1 unspecified atom stereocenters. The van der Waals surface area contributed by atoms with Crippen LogP contribution in [0.2, 0.25) is 0 Å². The number of benzene rings is 1. The van der Waals surface area contributed by atoms with E-state index in [1.165, 1.54) is 4.52 Å². The Kier molecular flexibility index (Phi) is 5.04. The molecule has 4 rings (SSSR count). The van der Waals surface area contributed by atoms with E-state index in [0.29, 0.717) is 23.1 Å². The van der Waals surface area contributed by atoms with Crippen molar-refractivity contribution in [3.63, 3.8) is 0 Å². The second kappa shape index (κ2) is 7.63. The van der Waals surface area contributed by atoms with Crippen LogP contribution < -0.4 is 4.90 Å². The van der Waals surface area contributed by atoms with Crippen molar-refractivity contribution in [1.29, 1.82) is 0 Å². The molecule has 1 atom stereocenters. The number of amides is 1. The molecule has 0 saturated carbocycles. The van der Waals surface area contributed by atoms with Crippen LogP contribution in [0.25, 0.3) is 5.65 Å². The highest BCUT2D eigenvalue weighted by Crippen LogP contribution is 2.37. The third kappa shape index (κ3) is 3.47. The average molecular weight is 396 g/mol. The van der Waals surface area contributed by atoms with Gasteiger partial charge in [0.2, 0.25) is 0 Å². The number of para-hydroxylation sites is 1. The van der Waals surface area contributed by atoms with E-state index in [1.54, 1.807) is 42.0 Å². The SMILES string of the molecule is Cc1nn2cccnc2c1C(=O)OCC(=O)N1CCC(C)Sc2ccccc21. The summed E-state index contributed by atoms with van der Waals surface area (Å²) in [6.07, 6.45) is 4.17. The number of nitrogens with zero attached hydrogens (tertiary/aromatic N) is 4. The average Bonchev–Trinajstić information content (AvgIpc) is 2.92. The number of carbonyl (C=O) groups excluding carboxylic acids is 2. The van der Waals surface area contributed by atoms with Crippen molar-refractivity contribution >= 4 is 35.0 Å². The zero-order chi connectivity index (χ0) is 19.7. The van der Waals surface area contributed by atoms with Crippen molar-refractivity contribution in [2.75, 3.05) is 18.1 Å². The van der Waals surface area contributed by atoms with E-state index in [9.17, 15) is 9.59 Å². The van der Waals surface area contributed by atoms with E-state index in [4.69, 9.17) is 4.74 Å². The van der Waals surface area contributed by atoms with Gasteiger partial charge in [-0.2, -0.15) is 5.10 Å². The number of aryl methyl sites for hydroxylation is 1. The molecule has 2 aromatic heterocycles. The number of aromatic nitrogens is 3. The van der Waals surface area contributed by atoms with E-state index in [1.807, 2.05) is 24.3 Å². The molecule has 1 amide bonds. The van der Waals surface area contributed by atoms with Gasteiger partial charge in [-0.15, -0.1) is 11.8 Å². The minimum atomic E-state index is -0.592. The van der Waals surface area contributed by atoms with Crippen LogP contribution in [0.1, 0.15) is 29.4 Å². The van der Waals surface area contributed by atoms with Crippen LogP contribution in [0, 0.1) is 6.92 Å². The fourth-order valence-electron chi connectivity index (χ4n) is 3.26. The lowest BCUT2D eigenvalue weighted by atomic mass is 10.2. The van der Waals surface area contributed by atoms with Gasteiger partial charge in [0.15, 0.2) is 12.3 Å². The van der Waals surface area contributed by atoms with Crippen molar-refractivity contribution in [3.05, 3.63) is 54.0 Å². The molecule has 7 nitrogen and oxygen atoms in total. The highest BCUT2D eigenvalue weighted by Gasteiger charge is 2.26. The van der Waals surface area contributed by atoms with E-state index in [2.05, 4.69) is 17.0 Å². The van der Waals surface area contributed by atoms with Gasteiger partial charge >= 0.3 is 5.97 Å². The van der Waals surface area contributed by atoms with Crippen LogP contribution >= 0.6 is 11.8 Å². The van der Waals surface area contributed by atoms with Gasteiger partial charge in [0, 0.05) is 29.1 Å². The maximum Gasteiger partial charge on any atom is 0.344 e. The fraction of sp³-hybridized carbons (Fsp3) is 0.300. The summed E-state index contributed by atoms with van der Waals surface area (Å²) in [5, 5.41) is 4.67. The van der Waals surface area contributed by atoms with Crippen molar-refractivity contribution in [1.82, 2.24) is 14.6 Å². The summed E-state index contributed by atoms with van der Waals surface area (Å²) in [4.78, 5) is 32.4. The van der Waals surface area contributed by atoms with Gasteiger partial charge in [-0.1, -0.05) is 19.1 Å². The van der Waals surface area contributed by atoms with Crippen LogP contribution in [0.15, 0.2) is 47.6 Å². The minimum absolute atomic E-state index is 0.238. The quantitative estimate of drug-likeness (QED) is 0.633. The standard InChI is InChI=1S/C20H20N4O3S/c1-13-8-11-23(15-6-3-4-7-16(15)28-13)17(25)12-27-20(26)18-14(2)22-24-10-5-9-21-19(18)24/h3-7,9-10,13H,8,11-12H2,1-2H3. The first kappa shape index (κ1) is 18.5. The van der Waals surface area contributed by atoms with E-state index in [0.717, 1.165) is 17.0 Å². The topological polar surface area (TPSA) is 76.8 Å². The second-order valence-corrected chi connectivity index (χ2v) is 8.13. The molecule has 0 N–H and O–H groups in total. The molecule has 0 fully saturated rings. The van der Waals surface area contributed by atoms with Crippen molar-refractivity contribution in [2.45, 2.75) is 30.4 Å². The smallest absolute Gasteiger partial charge is 0.344 e. The predicted molar refractivity (Wildman–Crippen MR) is 107 cm³/mol. The normalized spacial score (nSPS) is 16.5. The Labute approximate surface area is 166 Å². The van der Waals surface area contributed by atoms with Gasteiger partial charge in [-0.25, -0.2) is 14.3 Å². The van der Waals surface area contributed by atoms with Crippen LogP contribution in [0.5, 0.6) is 0 Å². The van der Waals surface area contributed by atoms with Crippen molar-refractivity contribution in [3.8, 4) is 0 Å². The molecule has 0 radical (unpaired) electrons. The molecule has 28 heavy (non-hydrogen) atoms. The number of thioether (sulfide) groups is 1. The molecule has 1 aromatic carbocycles. The number of anilines is 1. The first-order valence-electron chi connectivity index (χ1n) is 9.07. The summed E-state index contributed by atoms with van der Waals surface area (Å²) in [5.41, 5.74) is 2.09. The van der Waals surface area contributed by atoms with Crippen LogP contribution in [0.4, 0.5) is 5.69 Å². The van der Waals surface area contributed by atoms with Gasteiger partial charge in [0.1, 0.15) is 5.56 Å². The van der Waals surface area contributed by atoms with E-state index >= 15 is 0 Å². The largest absolute Gasteiger partial charge is 0.452 e. The lowest BCUT2D eigenvalue weighted by Crippen LogP contribution is -2.35. The van der Waals surface area contributed by atoms with E-state index < -0.39 is 5.97 Å². The van der Waals surface area contributed by atoms with Gasteiger partial charge in [-0.05, 0) is 31.5 Å². The number of fused-ring (bicyclic) bond motifs is 2. The Balaban J connectivity index is 1.51. The molecular weight excluding hydrogens is 376 g/mol. The Morgan fingerprint density at radius 1 is 1.29 bits per heavy atom. The summed E-state index contributed by atoms with van der Waals surface area (Å²) in [6.45, 7) is 4.14. The molecule has 1 aliphatic heterocycles. The molecular formula is C20H20N4O3S. The zero-order valence-corrected chi connectivity index (χ0v) is 16.5. The molecule has 1 aliphatic rings. The summed E-state index contributed by atoms with van der Waals surface area (Å²) in [5.74, 6) is -0.831. The predicted octanol–water partition coefficient (Wildman–Crippen LogP) is 3.11. The highest BCUT2D eigenvalue weighted by molar-refractivity contribution is 8.00. The Hall–Kier alpha value is -2.87. The Bertz CT molecular complexity index is 1050. The molecule has 3 heterocycles. The summed E-state index contributed by atoms with van der Waals surface area (Å²) >= 11 is 1.76. The molecule has 0 saturated heterocycles. The number of esters is 1. The van der Waals surface area contributed by atoms with Crippen LogP contribution in [-0.2, 0) is 9.53 Å². The number of ether oxygens (including phenoxy) is 1. The van der Waals surface area contributed by atoms with Crippen LogP contribution in [-0.4, -0.2) is 44.9 Å². The maximum absolute atomic E-state index is 12.8. The number of rotatable bonds is 3. The van der Waals surface area contributed by atoms with Gasteiger partial charge in [0.25, 0.3) is 5.91 Å². The fourth-order valence-corrected chi connectivity index (χ4v) is 4.37. The van der Waals surface area contributed by atoms with Gasteiger partial charge < -0.3 is 9.64 Å². The summed E-state index contributed by atoms with van der Waals surface area (Å²) < 4.78 is 6.87. The van der Waals surface area contributed by atoms with Crippen molar-refractivity contribution < 1.29 is 14.3 Å². The highest BCUT2D eigenvalue weighted by atomic mass is 32.2. The first-order valence-corrected chi connectivity index (χ1v) is 9.95. The second-order valence-electron chi connectivity index (χ2n) is 6.65. The Morgan fingerprint density at radius 2 is 2.11 bits per heavy atom. The molecule has 0 aliphatic carbocycles. The number of hydrogen-bond donors (Lipinski definition) is 0. The maximum atomic E-state index is 12.8. The molecule has 3 aromatic rings. The monoisotopic (exact) mass is 396 g/mol. The number of hydrogen-bond acceptors (Lipinski definition) is 6. The lowest BCUT2D eigenvalue weighted by Gasteiger charge is -2.22. The zero-order valence-electron chi connectivity index (χ0n) is 15.7. The van der Waals surface area contributed by atoms with E-state index in [-0.39, 0.29) is 18.1 Å². The van der Waals surface area contributed by atoms with Gasteiger partial charge in [-0.3, -0.25) is 4.79 Å². The third-order valence-corrected chi connectivity index (χ3v) is 5.88. The molecule has 0 bridgehead atoms. The van der Waals surface area contributed by atoms with Crippen molar-refractivity contribution in [2.24, 2.45) is 0 Å². The summed E-state index contributed by atoms with van der Waals surface area (Å²) in [7, 11) is 0. The molecule has 0 spiro atoms. The molecule has 8 heteroatoms. The van der Waals surface area contributed by atoms with Gasteiger partial charge in [0.05, 0.1) is 11.4 Å². The first-order chi connectivity index (χ1) is 13.5. The molecule has 144 valence electrons. The number of carbonyl (C=O) groups is 2. The minimum Gasteiger partial charge on any atom is -0.452 e. The Morgan fingerprint density at radius 3 is 2.96 bits per heavy atom. The summed E-state index contributed by atoms with van der Waals surface area (Å²) in [6, 6.07) is 9.55. The lowest BCUT2D eigenvalue weighted by molar-refractivity contribution is -0.121. The third-order valence-electron chi connectivity index (χ3n) is 4.65.